The highest BCUT2D eigenvalue weighted by Gasteiger charge is 2.30. The van der Waals surface area contributed by atoms with Gasteiger partial charge in [0, 0.05) is 18.0 Å². The van der Waals surface area contributed by atoms with Crippen molar-refractivity contribution in [2.75, 3.05) is 19.7 Å². The van der Waals surface area contributed by atoms with Crippen molar-refractivity contribution in [1.82, 2.24) is 14.9 Å². The van der Waals surface area contributed by atoms with Crippen molar-refractivity contribution in [3.63, 3.8) is 0 Å². The molecule has 1 aromatic rings. The number of hydrogen-bond donors (Lipinski definition) is 2. The molecule has 1 aliphatic rings. The number of hydrogen-bond acceptors (Lipinski definition) is 7. The number of benzene rings is 1. The molecule has 0 aliphatic carbocycles. The molecule has 0 saturated carbocycles. The Hall–Kier alpha value is -2.50. The van der Waals surface area contributed by atoms with Crippen LogP contribution in [0.1, 0.15) is 26.7 Å². The highest BCUT2D eigenvalue weighted by molar-refractivity contribution is 7.89. The van der Waals surface area contributed by atoms with E-state index < -0.39 is 46.4 Å². The van der Waals surface area contributed by atoms with Crippen LogP contribution in [-0.4, -0.2) is 62.7 Å². The number of nitrogens with one attached hydrogen (secondary N) is 2. The molecule has 1 fully saturated rings. The van der Waals surface area contributed by atoms with Crippen molar-refractivity contribution < 1.29 is 32.3 Å². The van der Waals surface area contributed by atoms with Gasteiger partial charge in [-0.2, -0.15) is 4.72 Å². The Morgan fingerprint density at radius 3 is 2.52 bits per heavy atom. The van der Waals surface area contributed by atoms with Gasteiger partial charge in [0.25, 0.3) is 5.91 Å². The van der Waals surface area contributed by atoms with Crippen LogP contribution in [0.4, 0.5) is 0 Å². The Balaban J connectivity index is 1.91. The quantitative estimate of drug-likeness (QED) is 0.496. The summed E-state index contributed by atoms with van der Waals surface area (Å²) in [6.07, 6.45) is 1.01. The van der Waals surface area contributed by atoms with Crippen LogP contribution in [-0.2, 0) is 33.9 Å². The molecule has 0 radical (unpaired) electrons. The summed E-state index contributed by atoms with van der Waals surface area (Å²) >= 11 is 5.82. The van der Waals surface area contributed by atoms with E-state index in [2.05, 4.69) is 4.72 Å². The van der Waals surface area contributed by atoms with E-state index in [0.29, 0.717) is 19.4 Å². The lowest BCUT2D eigenvalue weighted by atomic mass is 10.1. The fourth-order valence-electron chi connectivity index (χ4n) is 2.83. The number of esters is 1. The van der Waals surface area contributed by atoms with Crippen LogP contribution in [0, 0.1) is 5.92 Å². The van der Waals surface area contributed by atoms with Crippen molar-refractivity contribution in [1.29, 1.82) is 0 Å². The van der Waals surface area contributed by atoms with Gasteiger partial charge in [0.15, 0.2) is 6.61 Å². The molecular formula is C19H24ClN3O7S. The van der Waals surface area contributed by atoms with Gasteiger partial charge in [0.05, 0.1) is 11.4 Å². The van der Waals surface area contributed by atoms with Crippen molar-refractivity contribution in [3.8, 4) is 0 Å². The van der Waals surface area contributed by atoms with Gasteiger partial charge in [-0.25, -0.2) is 8.42 Å². The van der Waals surface area contributed by atoms with Crippen LogP contribution >= 0.6 is 11.6 Å². The molecule has 10 nitrogen and oxygen atoms in total. The number of rotatable bonds is 9. The van der Waals surface area contributed by atoms with Crippen LogP contribution < -0.4 is 10.0 Å². The number of likely N-dealkylation sites (tertiary alicyclic amines) is 1. The zero-order valence-electron chi connectivity index (χ0n) is 17.1. The molecule has 0 bridgehead atoms. The van der Waals surface area contributed by atoms with Crippen molar-refractivity contribution in [2.24, 2.45) is 5.92 Å². The van der Waals surface area contributed by atoms with E-state index in [-0.39, 0.29) is 22.4 Å². The van der Waals surface area contributed by atoms with E-state index in [1.165, 1.54) is 29.2 Å². The van der Waals surface area contributed by atoms with Gasteiger partial charge in [-0.3, -0.25) is 24.5 Å². The molecule has 2 rings (SSSR count). The Morgan fingerprint density at radius 1 is 1.23 bits per heavy atom. The van der Waals surface area contributed by atoms with Crippen molar-refractivity contribution in [2.45, 2.75) is 37.6 Å². The third-order valence-electron chi connectivity index (χ3n) is 4.44. The van der Waals surface area contributed by atoms with Crippen LogP contribution in [0.25, 0.3) is 0 Å². The second-order valence-electron chi connectivity index (χ2n) is 7.30. The van der Waals surface area contributed by atoms with Gasteiger partial charge in [-0.15, -0.1) is 0 Å². The van der Waals surface area contributed by atoms with Crippen molar-refractivity contribution >= 4 is 45.3 Å². The summed E-state index contributed by atoms with van der Waals surface area (Å²) < 4.78 is 32.2. The Labute approximate surface area is 185 Å². The van der Waals surface area contributed by atoms with Crippen LogP contribution in [0.3, 0.4) is 0 Å². The molecule has 1 atom stereocenters. The number of ether oxygens (including phenoxy) is 1. The number of sulfonamides is 1. The van der Waals surface area contributed by atoms with E-state index in [1.54, 1.807) is 13.8 Å². The highest BCUT2D eigenvalue weighted by Crippen LogP contribution is 2.17. The van der Waals surface area contributed by atoms with Crippen LogP contribution in [0.5, 0.6) is 0 Å². The summed E-state index contributed by atoms with van der Waals surface area (Å²) in [5, 5.41) is 2.24. The number of carbonyl (C=O) groups is 4. The maximum Gasteiger partial charge on any atom is 0.324 e. The molecule has 2 N–H and O–H groups in total. The second-order valence-corrected chi connectivity index (χ2v) is 9.45. The predicted octanol–water partition coefficient (Wildman–Crippen LogP) is 0.451. The van der Waals surface area contributed by atoms with E-state index in [9.17, 15) is 27.6 Å². The highest BCUT2D eigenvalue weighted by atomic mass is 35.5. The van der Waals surface area contributed by atoms with Crippen molar-refractivity contribution in [3.05, 3.63) is 29.3 Å². The van der Waals surface area contributed by atoms with Gasteiger partial charge >= 0.3 is 5.97 Å². The maximum atomic E-state index is 12.5. The average molecular weight is 474 g/mol. The topological polar surface area (TPSA) is 139 Å². The van der Waals surface area contributed by atoms with E-state index in [4.69, 9.17) is 16.3 Å². The molecule has 0 spiro atoms. The fourth-order valence-corrected chi connectivity index (χ4v) is 4.46. The molecule has 31 heavy (non-hydrogen) atoms. The minimum atomic E-state index is -4.08. The Kier molecular flexibility index (Phi) is 8.54. The van der Waals surface area contributed by atoms with Crippen LogP contribution in [0.2, 0.25) is 5.02 Å². The average Bonchev–Trinajstić information content (AvgIpc) is 3.08. The van der Waals surface area contributed by atoms with Gasteiger partial charge in [0.2, 0.25) is 21.8 Å². The fraction of sp³-hybridized carbons (Fsp3) is 0.474. The number of halogens is 1. The van der Waals surface area contributed by atoms with Crippen LogP contribution in [0.15, 0.2) is 29.2 Å². The zero-order valence-corrected chi connectivity index (χ0v) is 18.7. The van der Waals surface area contributed by atoms with Gasteiger partial charge in [-0.1, -0.05) is 31.5 Å². The number of amides is 3. The van der Waals surface area contributed by atoms with E-state index >= 15 is 0 Å². The lowest BCUT2D eigenvalue weighted by Gasteiger charge is -2.21. The zero-order chi connectivity index (χ0) is 23.2. The monoisotopic (exact) mass is 473 g/mol. The minimum Gasteiger partial charge on any atom is -0.454 e. The predicted molar refractivity (Wildman–Crippen MR) is 110 cm³/mol. The second kappa shape index (κ2) is 10.7. The molecule has 170 valence electrons. The van der Waals surface area contributed by atoms with Gasteiger partial charge < -0.3 is 9.64 Å². The third-order valence-corrected chi connectivity index (χ3v) is 6.11. The first-order valence-corrected chi connectivity index (χ1v) is 11.4. The molecule has 0 aromatic heterocycles. The molecule has 1 aromatic carbocycles. The third kappa shape index (κ3) is 7.30. The summed E-state index contributed by atoms with van der Waals surface area (Å²) in [6.45, 7) is 2.61. The summed E-state index contributed by atoms with van der Waals surface area (Å²) in [6, 6.07) is 4.25. The summed E-state index contributed by atoms with van der Waals surface area (Å²) in [7, 11) is -4.08. The lowest BCUT2D eigenvalue weighted by Crippen LogP contribution is -2.46. The normalized spacial score (nSPS) is 15.1. The summed E-state index contributed by atoms with van der Waals surface area (Å²) in [4.78, 5) is 48.8. The Morgan fingerprint density at radius 2 is 1.94 bits per heavy atom. The first-order chi connectivity index (χ1) is 14.5. The minimum absolute atomic E-state index is 0.127. The number of imide groups is 1. The molecular weight excluding hydrogens is 450 g/mol. The lowest BCUT2D eigenvalue weighted by molar-refractivity contribution is -0.152. The largest absolute Gasteiger partial charge is 0.454 e. The maximum absolute atomic E-state index is 12.5. The molecule has 1 heterocycles. The Bertz CT molecular complexity index is 965. The molecule has 0 unspecified atom stereocenters. The van der Waals surface area contributed by atoms with E-state index in [0.717, 1.165) is 0 Å². The number of nitrogens with zero attached hydrogens (tertiary/aromatic N) is 1. The molecule has 1 saturated heterocycles. The smallest absolute Gasteiger partial charge is 0.324 e. The number of carbonyl (C=O) groups excluding carboxylic acids is 4. The summed E-state index contributed by atoms with van der Waals surface area (Å²) in [5.41, 5.74) is 0. The standard InChI is InChI=1S/C19H24ClN3O7S/c1-12(2)18(22-31(28,29)14-6-3-5-13(20)9-14)19(27)30-11-16(25)21-15(24)10-23-8-4-7-17(23)26/h3,5-6,9,12,18,22H,4,7-8,10-11H2,1-2H3,(H,21,24,25)/t18-/m0/s1. The van der Waals surface area contributed by atoms with E-state index in [1.807, 2.05) is 5.32 Å². The first-order valence-electron chi connectivity index (χ1n) is 9.54. The molecule has 12 heteroatoms. The summed E-state index contributed by atoms with van der Waals surface area (Å²) in [5.74, 6) is -3.21. The van der Waals surface area contributed by atoms with Gasteiger partial charge in [0.1, 0.15) is 6.04 Å². The molecule has 1 aliphatic heterocycles. The van der Waals surface area contributed by atoms with Gasteiger partial charge in [-0.05, 0) is 30.5 Å². The first kappa shape index (κ1) is 24.8. The SMILES string of the molecule is CC(C)[C@H](NS(=O)(=O)c1cccc(Cl)c1)C(=O)OCC(=O)NC(=O)CN1CCCC1=O. The molecule has 3 amide bonds.